The summed E-state index contributed by atoms with van der Waals surface area (Å²) in [5, 5.41) is 0. The van der Waals surface area contributed by atoms with Crippen LogP contribution in [0, 0.1) is 0 Å². The lowest BCUT2D eigenvalue weighted by Gasteiger charge is -2.18. The highest BCUT2D eigenvalue weighted by Gasteiger charge is 2.19. The predicted molar refractivity (Wildman–Crippen MR) is 297 cm³/mol. The van der Waals surface area contributed by atoms with Crippen molar-refractivity contribution >= 4 is 17.9 Å². The van der Waals surface area contributed by atoms with Crippen molar-refractivity contribution in [2.45, 2.75) is 219 Å². The van der Waals surface area contributed by atoms with Crippen molar-refractivity contribution in [3.63, 3.8) is 0 Å². The minimum absolute atomic E-state index is 0.112. The van der Waals surface area contributed by atoms with Gasteiger partial charge in [-0.1, -0.05) is 218 Å². The van der Waals surface area contributed by atoms with E-state index in [1.807, 2.05) is 6.08 Å². The average molecular weight is 951 g/mol. The van der Waals surface area contributed by atoms with E-state index in [-0.39, 0.29) is 38.0 Å². The van der Waals surface area contributed by atoms with Crippen molar-refractivity contribution in [2.75, 3.05) is 13.2 Å². The van der Waals surface area contributed by atoms with Crippen LogP contribution in [0.25, 0.3) is 0 Å². The van der Waals surface area contributed by atoms with Crippen LogP contribution in [0.3, 0.4) is 0 Å². The maximum absolute atomic E-state index is 12.8. The first-order chi connectivity index (χ1) is 34.0. The van der Waals surface area contributed by atoms with E-state index in [0.29, 0.717) is 6.42 Å². The molecule has 1 atom stereocenters. The standard InChI is InChI=1S/C63H98O6/c1-4-7-10-13-16-19-22-25-28-30-31-33-35-38-41-44-47-50-53-56-62(65)68-59-60(58-67-61(64)55-52-49-46-43-40-37-34-27-24-21-18-15-12-9-6-3)69-63(66)57-54-51-48-45-42-39-36-32-29-26-23-20-17-14-11-8-5-2/h8-9,11-12,16-21,25-29,31,33-34,36,39-40,43,49,52,60H,4-7,10,13-15,22-24,30,32,35,37-38,41-42,44-48,50-51,53-59H2,1-3H3/b11-8-,12-9-,19-16-,20-17-,21-18-,28-25-,29-26-,33-31-,34-27-,39-36-,43-40-,52-49-. The first kappa shape index (κ1) is 64.3. The summed E-state index contributed by atoms with van der Waals surface area (Å²) in [6, 6.07) is 0. The van der Waals surface area contributed by atoms with E-state index in [4.69, 9.17) is 14.2 Å². The van der Waals surface area contributed by atoms with Crippen molar-refractivity contribution in [3.05, 3.63) is 146 Å². The molecule has 6 heteroatoms. The summed E-state index contributed by atoms with van der Waals surface area (Å²) in [5.74, 6) is -1.11. The molecule has 0 bridgehead atoms. The van der Waals surface area contributed by atoms with Crippen molar-refractivity contribution in [1.82, 2.24) is 0 Å². The SMILES string of the molecule is CC/C=C\C/C=C\C/C=C\C/C=C\C/C=C\CC(=O)OCC(COC(=O)CCCCCCCC/C=C\C/C=C\C/C=C\CCCCC)OC(=O)CCCCCC/C=C\C/C=C\C/C=C\C/C=C\CC. The molecule has 0 aliphatic heterocycles. The zero-order valence-corrected chi connectivity index (χ0v) is 44.0. The molecule has 0 aliphatic carbocycles. The Morgan fingerprint density at radius 1 is 0.319 bits per heavy atom. The number of hydrogen-bond acceptors (Lipinski definition) is 6. The van der Waals surface area contributed by atoms with Gasteiger partial charge in [-0.3, -0.25) is 14.4 Å². The third kappa shape index (κ3) is 54.1. The molecule has 0 radical (unpaired) electrons. The number of allylic oxidation sites excluding steroid dienone is 23. The predicted octanol–water partition coefficient (Wildman–Crippen LogP) is 18.4. The summed E-state index contributed by atoms with van der Waals surface area (Å²) in [7, 11) is 0. The van der Waals surface area contributed by atoms with Crippen molar-refractivity contribution < 1.29 is 28.6 Å². The second kappa shape index (κ2) is 55.9. The molecule has 0 fully saturated rings. The van der Waals surface area contributed by atoms with Gasteiger partial charge in [0.2, 0.25) is 0 Å². The van der Waals surface area contributed by atoms with Crippen LogP contribution < -0.4 is 0 Å². The molecular formula is C63H98O6. The molecule has 0 aliphatic rings. The maximum atomic E-state index is 12.8. The molecule has 0 aromatic heterocycles. The molecule has 1 unspecified atom stereocenters. The number of carbonyl (C=O) groups is 3. The van der Waals surface area contributed by atoms with Crippen LogP contribution in [0.4, 0.5) is 0 Å². The summed E-state index contributed by atoms with van der Waals surface area (Å²) in [5.41, 5.74) is 0. The van der Waals surface area contributed by atoms with Gasteiger partial charge in [-0.15, -0.1) is 0 Å². The first-order valence-corrected chi connectivity index (χ1v) is 27.3. The lowest BCUT2D eigenvalue weighted by Crippen LogP contribution is -2.30. The highest BCUT2D eigenvalue weighted by molar-refractivity contribution is 5.72. The normalized spacial score (nSPS) is 13.3. The minimum Gasteiger partial charge on any atom is -0.462 e. The summed E-state index contributed by atoms with van der Waals surface area (Å²) in [6.07, 6.45) is 80.0. The van der Waals surface area contributed by atoms with Gasteiger partial charge in [0.15, 0.2) is 6.10 Å². The third-order valence-corrected chi connectivity index (χ3v) is 10.8. The lowest BCUT2D eigenvalue weighted by molar-refractivity contribution is -0.166. The summed E-state index contributed by atoms with van der Waals surface area (Å²) < 4.78 is 16.7. The fraction of sp³-hybridized carbons (Fsp3) is 0.571. The largest absolute Gasteiger partial charge is 0.462 e. The van der Waals surface area contributed by atoms with Gasteiger partial charge in [0.1, 0.15) is 13.2 Å². The Morgan fingerprint density at radius 3 is 1.01 bits per heavy atom. The number of hydrogen-bond donors (Lipinski definition) is 0. The van der Waals surface area contributed by atoms with Crippen LogP contribution in [0.1, 0.15) is 213 Å². The molecule has 0 saturated carbocycles. The summed E-state index contributed by atoms with van der Waals surface area (Å²) >= 11 is 0. The van der Waals surface area contributed by atoms with Gasteiger partial charge in [0.05, 0.1) is 6.42 Å². The molecule has 0 spiro atoms. The van der Waals surface area contributed by atoms with E-state index in [1.54, 1.807) is 6.08 Å². The molecule has 0 amide bonds. The fourth-order valence-corrected chi connectivity index (χ4v) is 6.81. The molecule has 0 rings (SSSR count). The monoisotopic (exact) mass is 951 g/mol. The number of unbranched alkanes of at least 4 members (excludes halogenated alkanes) is 13. The molecule has 0 aromatic rings. The molecule has 0 heterocycles. The minimum atomic E-state index is -0.843. The Labute approximate surface area is 423 Å². The maximum Gasteiger partial charge on any atom is 0.309 e. The van der Waals surface area contributed by atoms with Crippen LogP contribution >= 0.6 is 0 Å². The van der Waals surface area contributed by atoms with Gasteiger partial charge in [0, 0.05) is 12.8 Å². The summed E-state index contributed by atoms with van der Waals surface area (Å²) in [4.78, 5) is 38.0. The van der Waals surface area contributed by atoms with E-state index < -0.39 is 12.1 Å². The van der Waals surface area contributed by atoms with Gasteiger partial charge in [0.25, 0.3) is 0 Å². The molecule has 386 valence electrons. The van der Waals surface area contributed by atoms with E-state index >= 15 is 0 Å². The van der Waals surface area contributed by atoms with Crippen molar-refractivity contribution in [2.24, 2.45) is 0 Å². The average Bonchev–Trinajstić information content (AvgIpc) is 3.35. The number of ether oxygens (including phenoxy) is 3. The van der Waals surface area contributed by atoms with Crippen LogP contribution in [0.5, 0.6) is 0 Å². The third-order valence-electron chi connectivity index (χ3n) is 10.8. The molecule has 6 nitrogen and oxygen atoms in total. The van der Waals surface area contributed by atoms with Gasteiger partial charge in [-0.05, 0) is 122 Å². The van der Waals surface area contributed by atoms with E-state index in [9.17, 15) is 14.4 Å². The number of rotatable bonds is 47. The Balaban J connectivity index is 4.59. The Bertz CT molecular complexity index is 1560. The molecule has 0 aromatic carbocycles. The molecular weight excluding hydrogens is 853 g/mol. The van der Waals surface area contributed by atoms with E-state index in [2.05, 4.69) is 154 Å². The Hall–Kier alpha value is -4.71. The van der Waals surface area contributed by atoms with Gasteiger partial charge >= 0.3 is 17.9 Å². The first-order valence-electron chi connectivity index (χ1n) is 27.3. The van der Waals surface area contributed by atoms with Crippen LogP contribution in [0.2, 0.25) is 0 Å². The van der Waals surface area contributed by atoms with Gasteiger partial charge < -0.3 is 14.2 Å². The van der Waals surface area contributed by atoms with Gasteiger partial charge in [-0.2, -0.15) is 0 Å². The van der Waals surface area contributed by atoms with Crippen molar-refractivity contribution in [1.29, 1.82) is 0 Å². The second-order valence-electron chi connectivity index (χ2n) is 17.4. The highest BCUT2D eigenvalue weighted by Crippen LogP contribution is 2.12. The quantitative estimate of drug-likeness (QED) is 0.0262. The second-order valence-corrected chi connectivity index (χ2v) is 17.4. The smallest absolute Gasteiger partial charge is 0.309 e. The van der Waals surface area contributed by atoms with E-state index in [0.717, 1.165) is 135 Å². The number of carbonyl (C=O) groups excluding carboxylic acids is 3. The Morgan fingerprint density at radius 2 is 0.623 bits per heavy atom. The highest BCUT2D eigenvalue weighted by atomic mass is 16.6. The molecule has 69 heavy (non-hydrogen) atoms. The van der Waals surface area contributed by atoms with Crippen LogP contribution in [0.15, 0.2) is 146 Å². The topological polar surface area (TPSA) is 78.9 Å². The Kier molecular flexibility index (Phi) is 52.1. The number of esters is 3. The summed E-state index contributed by atoms with van der Waals surface area (Å²) in [6.45, 7) is 6.24. The molecule has 0 N–H and O–H groups in total. The van der Waals surface area contributed by atoms with Crippen LogP contribution in [-0.4, -0.2) is 37.2 Å². The van der Waals surface area contributed by atoms with Crippen LogP contribution in [-0.2, 0) is 28.6 Å². The molecule has 0 saturated heterocycles. The fourth-order valence-electron chi connectivity index (χ4n) is 6.81. The zero-order chi connectivity index (χ0) is 50.0. The van der Waals surface area contributed by atoms with E-state index in [1.165, 1.54) is 38.5 Å². The lowest BCUT2D eigenvalue weighted by atomic mass is 10.1. The van der Waals surface area contributed by atoms with Crippen molar-refractivity contribution in [3.8, 4) is 0 Å². The zero-order valence-electron chi connectivity index (χ0n) is 44.0. The van der Waals surface area contributed by atoms with Gasteiger partial charge in [-0.25, -0.2) is 0 Å².